The fraction of sp³-hybridized carbons (Fsp3) is 0.238. The van der Waals surface area contributed by atoms with Gasteiger partial charge in [0.2, 0.25) is 0 Å². The molecule has 1 amide bonds. The van der Waals surface area contributed by atoms with Gasteiger partial charge in [-0.2, -0.15) is 13.7 Å². The van der Waals surface area contributed by atoms with Crippen molar-refractivity contribution in [3.8, 4) is 11.8 Å². The van der Waals surface area contributed by atoms with Gasteiger partial charge in [0, 0.05) is 17.5 Å². The Morgan fingerprint density at radius 2 is 2.03 bits per heavy atom. The monoisotopic (exact) mass is 429 g/mol. The van der Waals surface area contributed by atoms with E-state index in [0.717, 1.165) is 11.1 Å². The van der Waals surface area contributed by atoms with Crippen LogP contribution in [0.25, 0.3) is 0 Å². The first-order chi connectivity index (χ1) is 14.2. The maximum Gasteiger partial charge on any atom is 0.294 e. The number of hydrogen-bond acceptors (Lipinski definition) is 6. The number of nitrogens with zero attached hydrogens (tertiary/aromatic N) is 1. The summed E-state index contributed by atoms with van der Waals surface area (Å²) in [6.45, 7) is 6.06. The summed E-state index contributed by atoms with van der Waals surface area (Å²) >= 11 is 0. The van der Waals surface area contributed by atoms with Crippen LogP contribution in [0.4, 0.5) is 5.69 Å². The normalized spacial score (nSPS) is 12.6. The van der Waals surface area contributed by atoms with Crippen LogP contribution in [0.5, 0.6) is 5.75 Å². The van der Waals surface area contributed by atoms with Gasteiger partial charge in [-0.25, -0.2) is 0 Å². The molecule has 1 atom stereocenters. The van der Waals surface area contributed by atoms with Crippen LogP contribution >= 0.6 is 0 Å². The average Bonchev–Trinajstić information content (AvgIpc) is 2.69. The van der Waals surface area contributed by atoms with Gasteiger partial charge in [-0.1, -0.05) is 23.8 Å². The number of hydrogen-bond donors (Lipinski definition) is 3. The van der Waals surface area contributed by atoms with Crippen LogP contribution in [0.1, 0.15) is 31.0 Å². The van der Waals surface area contributed by atoms with Crippen LogP contribution in [0.3, 0.4) is 0 Å². The molecule has 8 nitrogen and oxygen atoms in total. The van der Waals surface area contributed by atoms with Crippen molar-refractivity contribution in [3.05, 3.63) is 65.4 Å². The molecule has 0 fully saturated rings. The molecule has 0 saturated heterocycles. The number of anilines is 1. The fourth-order valence-corrected chi connectivity index (χ4v) is 3.22. The second kappa shape index (κ2) is 9.91. The van der Waals surface area contributed by atoms with Crippen LogP contribution in [0, 0.1) is 18.3 Å². The summed E-state index contributed by atoms with van der Waals surface area (Å²) in [7, 11) is -4.36. The lowest BCUT2D eigenvalue weighted by atomic mass is 10.0. The van der Waals surface area contributed by atoms with Crippen LogP contribution in [0.2, 0.25) is 0 Å². The van der Waals surface area contributed by atoms with Crippen molar-refractivity contribution in [3.63, 3.8) is 0 Å². The first kappa shape index (κ1) is 22.9. The van der Waals surface area contributed by atoms with Crippen molar-refractivity contribution < 1.29 is 22.5 Å². The summed E-state index contributed by atoms with van der Waals surface area (Å²) in [5.74, 6) is 0.0472. The van der Waals surface area contributed by atoms with Crippen LogP contribution in [-0.2, 0) is 14.9 Å². The lowest BCUT2D eigenvalue weighted by Crippen LogP contribution is -2.28. The third kappa shape index (κ3) is 6.07. The molecule has 0 radical (unpaired) electrons. The first-order valence-corrected chi connectivity index (χ1v) is 10.6. The second-order valence-electron chi connectivity index (χ2n) is 6.49. The molecular formula is C21H23N3O5S. The van der Waals surface area contributed by atoms with E-state index < -0.39 is 22.1 Å². The summed E-state index contributed by atoms with van der Waals surface area (Å²) in [4.78, 5) is 12.2. The Kier molecular flexibility index (Phi) is 7.58. The minimum absolute atomic E-state index is 0.204. The number of nitriles is 1. The molecule has 2 rings (SSSR count). The van der Waals surface area contributed by atoms with Crippen LogP contribution in [-0.4, -0.2) is 25.5 Å². The molecule has 0 aliphatic carbocycles. The molecule has 3 N–H and O–H groups in total. The van der Waals surface area contributed by atoms with E-state index in [-0.39, 0.29) is 16.2 Å². The largest absolute Gasteiger partial charge is 0.494 e. The van der Waals surface area contributed by atoms with Crippen molar-refractivity contribution in [2.75, 3.05) is 11.9 Å². The van der Waals surface area contributed by atoms with E-state index >= 15 is 0 Å². The molecule has 9 heteroatoms. The molecule has 0 saturated carbocycles. The summed E-state index contributed by atoms with van der Waals surface area (Å²) in [5.41, 5.74) is 1.88. The topological polar surface area (TPSA) is 129 Å². The van der Waals surface area contributed by atoms with Gasteiger partial charge < -0.3 is 15.4 Å². The van der Waals surface area contributed by atoms with Crippen molar-refractivity contribution >= 4 is 21.7 Å². The molecule has 0 aliphatic rings. The molecule has 30 heavy (non-hydrogen) atoms. The number of benzene rings is 2. The third-order valence-corrected chi connectivity index (χ3v) is 5.01. The van der Waals surface area contributed by atoms with E-state index in [0.29, 0.717) is 12.4 Å². The number of ether oxygens (including phenoxy) is 1. The van der Waals surface area contributed by atoms with E-state index in [1.807, 2.05) is 38.1 Å². The number of rotatable bonds is 8. The number of aryl methyl sites for hydroxylation is 1. The van der Waals surface area contributed by atoms with Gasteiger partial charge in [0.1, 0.15) is 17.4 Å². The predicted molar refractivity (Wildman–Crippen MR) is 112 cm³/mol. The third-order valence-electron chi connectivity index (χ3n) is 4.16. The Morgan fingerprint density at radius 3 is 2.67 bits per heavy atom. The Labute approximate surface area is 175 Å². The summed E-state index contributed by atoms with van der Waals surface area (Å²) in [5, 5.41) is 14.8. The highest BCUT2D eigenvalue weighted by molar-refractivity contribution is 7.85. The lowest BCUT2D eigenvalue weighted by Gasteiger charge is -2.18. The minimum Gasteiger partial charge on any atom is -0.494 e. The Hall–Kier alpha value is -3.35. The Morgan fingerprint density at radius 1 is 1.30 bits per heavy atom. The zero-order valence-corrected chi connectivity index (χ0v) is 17.7. The van der Waals surface area contributed by atoms with Crippen molar-refractivity contribution in [2.24, 2.45) is 0 Å². The molecule has 0 bridgehead atoms. The van der Waals surface area contributed by atoms with E-state index in [1.165, 1.54) is 30.5 Å². The van der Waals surface area contributed by atoms with Crippen molar-refractivity contribution in [1.29, 1.82) is 5.26 Å². The molecule has 0 aliphatic heterocycles. The number of amides is 1. The average molecular weight is 429 g/mol. The molecule has 2 aromatic carbocycles. The van der Waals surface area contributed by atoms with Gasteiger partial charge in [-0.3, -0.25) is 9.35 Å². The second-order valence-corrected chi connectivity index (χ2v) is 7.91. The molecular weight excluding hydrogens is 406 g/mol. The minimum atomic E-state index is -4.36. The van der Waals surface area contributed by atoms with Crippen molar-refractivity contribution in [2.45, 2.75) is 31.7 Å². The van der Waals surface area contributed by atoms with Crippen LogP contribution < -0.4 is 15.4 Å². The van der Waals surface area contributed by atoms with E-state index in [9.17, 15) is 18.5 Å². The Bertz CT molecular complexity index is 1100. The summed E-state index contributed by atoms with van der Waals surface area (Å²) in [6, 6.07) is 12.4. The lowest BCUT2D eigenvalue weighted by molar-refractivity contribution is -0.117. The zero-order chi connectivity index (χ0) is 22.3. The van der Waals surface area contributed by atoms with Gasteiger partial charge in [0.05, 0.1) is 17.5 Å². The quantitative estimate of drug-likeness (QED) is 0.333. The molecule has 0 aromatic heterocycles. The fourth-order valence-electron chi connectivity index (χ4n) is 2.70. The smallest absolute Gasteiger partial charge is 0.294 e. The maximum absolute atomic E-state index is 12.5. The maximum atomic E-state index is 12.5. The molecule has 158 valence electrons. The van der Waals surface area contributed by atoms with Crippen molar-refractivity contribution in [1.82, 2.24) is 5.32 Å². The van der Waals surface area contributed by atoms with E-state index in [4.69, 9.17) is 9.29 Å². The van der Waals surface area contributed by atoms with Gasteiger partial charge in [-0.15, -0.1) is 0 Å². The molecule has 0 spiro atoms. The highest BCUT2D eigenvalue weighted by Gasteiger charge is 2.17. The molecule has 1 unspecified atom stereocenters. The predicted octanol–water partition coefficient (Wildman–Crippen LogP) is 3.34. The summed E-state index contributed by atoms with van der Waals surface area (Å²) < 4.78 is 37.2. The highest BCUT2D eigenvalue weighted by atomic mass is 32.2. The summed E-state index contributed by atoms with van der Waals surface area (Å²) in [6.07, 6.45) is 1.17. The standard InChI is InChI=1S/C21H23N3O5S/c1-4-29-20-9-8-14(2)10-19(20)15(3)24-21(25)16(12-22)13-23-17-6-5-7-18(11-17)30(26,27)28/h5-11,13,15,23H,4H2,1-3H3,(H,24,25)(H,26,27,28)/b16-13-. The van der Waals surface area contributed by atoms with Gasteiger partial charge in [0.25, 0.3) is 16.0 Å². The van der Waals surface area contributed by atoms with E-state index in [2.05, 4.69) is 10.6 Å². The number of carbonyl (C=O) groups excluding carboxylic acids is 1. The van der Waals surface area contributed by atoms with Gasteiger partial charge in [-0.05, 0) is 45.0 Å². The first-order valence-electron chi connectivity index (χ1n) is 9.14. The molecule has 0 heterocycles. The number of carbonyl (C=O) groups is 1. The van der Waals surface area contributed by atoms with Gasteiger partial charge in [0.15, 0.2) is 0 Å². The van der Waals surface area contributed by atoms with E-state index in [1.54, 1.807) is 6.92 Å². The van der Waals surface area contributed by atoms with Gasteiger partial charge >= 0.3 is 0 Å². The zero-order valence-electron chi connectivity index (χ0n) is 16.8. The highest BCUT2D eigenvalue weighted by Crippen LogP contribution is 2.26. The molecule has 2 aromatic rings. The van der Waals surface area contributed by atoms with Crippen LogP contribution in [0.15, 0.2) is 59.1 Å². The Balaban J connectivity index is 2.17. The number of nitrogens with one attached hydrogen (secondary N) is 2. The SMILES string of the molecule is CCOc1ccc(C)cc1C(C)NC(=O)/C(C#N)=C\Nc1cccc(S(=O)(=O)O)c1.